The Bertz CT molecular complexity index is 1330. The number of ether oxygens (including phenoxy) is 3. The lowest BCUT2D eigenvalue weighted by Crippen LogP contribution is -2.31. The van der Waals surface area contributed by atoms with Crippen LogP contribution in [0, 0.1) is 0 Å². The summed E-state index contributed by atoms with van der Waals surface area (Å²) in [6.45, 7) is 7.06. The number of aromatic nitrogens is 1. The minimum atomic E-state index is -0.0944. The minimum Gasteiger partial charge on any atom is -0.497 e. The smallest absolute Gasteiger partial charge is 0.228 e. The largest absolute Gasteiger partial charge is 0.497 e. The van der Waals surface area contributed by atoms with Gasteiger partial charge in [-0.1, -0.05) is 51.1 Å². The Kier molecular flexibility index (Phi) is 8.46. The van der Waals surface area contributed by atoms with Crippen LogP contribution in [0.1, 0.15) is 56.0 Å². The lowest BCUT2D eigenvalue weighted by atomic mass is 9.86. The maximum atomic E-state index is 13.1. The summed E-state index contributed by atoms with van der Waals surface area (Å²) in [5, 5.41) is 0. The zero-order valence-corrected chi connectivity index (χ0v) is 24.5. The van der Waals surface area contributed by atoms with Crippen molar-refractivity contribution in [1.29, 1.82) is 0 Å². The van der Waals surface area contributed by atoms with Crippen LogP contribution in [0.2, 0.25) is 0 Å². The fourth-order valence-electron chi connectivity index (χ4n) is 4.69. The average Bonchev–Trinajstić information content (AvgIpc) is 3.26. The maximum Gasteiger partial charge on any atom is 0.228 e. The topological polar surface area (TPSA) is 60.9 Å². The van der Waals surface area contributed by atoms with Crippen LogP contribution in [0.25, 0.3) is 5.57 Å². The lowest BCUT2D eigenvalue weighted by molar-refractivity contribution is -0.129. The molecule has 0 N–H and O–H groups in total. The van der Waals surface area contributed by atoms with E-state index in [-0.39, 0.29) is 17.4 Å². The van der Waals surface area contributed by atoms with Gasteiger partial charge < -0.3 is 19.1 Å². The number of hydrogen-bond acceptors (Lipinski definition) is 5. The van der Waals surface area contributed by atoms with Gasteiger partial charge in [0, 0.05) is 30.2 Å². The lowest BCUT2D eigenvalue weighted by Gasteiger charge is -2.25. The summed E-state index contributed by atoms with van der Waals surface area (Å²) in [6.07, 6.45) is 3.39. The van der Waals surface area contributed by atoms with Crippen LogP contribution in [-0.4, -0.2) is 43.2 Å². The number of amides is 1. The van der Waals surface area contributed by atoms with Crippen molar-refractivity contribution >= 4 is 27.4 Å². The molecule has 3 aromatic rings. The van der Waals surface area contributed by atoms with E-state index in [0.29, 0.717) is 30.3 Å². The molecule has 0 spiro atoms. The van der Waals surface area contributed by atoms with Crippen LogP contribution in [0.4, 0.5) is 0 Å². The Morgan fingerprint density at radius 1 is 1.03 bits per heavy atom. The molecule has 1 aliphatic heterocycles. The van der Waals surface area contributed by atoms with E-state index in [9.17, 15) is 4.79 Å². The predicted octanol–water partition coefficient (Wildman–Crippen LogP) is 6.79. The van der Waals surface area contributed by atoms with Crippen molar-refractivity contribution in [2.45, 2.75) is 51.6 Å². The van der Waals surface area contributed by atoms with Crippen LogP contribution in [0.15, 0.2) is 65.1 Å². The number of pyridine rings is 1. The highest BCUT2D eigenvalue weighted by Gasteiger charge is 2.31. The molecule has 0 bridgehead atoms. The molecule has 0 radical (unpaired) electrons. The number of rotatable bonds is 8. The van der Waals surface area contributed by atoms with E-state index in [1.165, 1.54) is 5.56 Å². The Hall–Kier alpha value is -3.32. The van der Waals surface area contributed by atoms with E-state index in [1.807, 2.05) is 35.2 Å². The zero-order chi connectivity index (χ0) is 27.4. The molecule has 7 heteroatoms. The van der Waals surface area contributed by atoms with Crippen molar-refractivity contribution in [3.05, 3.63) is 87.5 Å². The number of likely N-dealkylation sites (tertiary alicyclic amines) is 1. The van der Waals surface area contributed by atoms with Gasteiger partial charge in [0.05, 0.1) is 37.5 Å². The highest BCUT2D eigenvalue weighted by atomic mass is 79.9. The first-order chi connectivity index (χ1) is 18.1. The summed E-state index contributed by atoms with van der Waals surface area (Å²) in [7, 11) is 4.87. The standard InChI is InChI=1S/C31H35BrN2O4/c1-31(2,3)22-10-7-20(8-11-22)25(27-15-14-26(32)30(33-27)38-6)17-23-12-16-29(35)34(23)19-21-9-13-24(36-4)18-28(21)37-5/h7-11,13-15,17-18,23H,12,16,19H2,1-6H3/b25-17+/t23-/m1/s1. The molecule has 1 amide bonds. The molecular formula is C31H35BrN2O4. The van der Waals surface area contributed by atoms with Crippen molar-refractivity contribution in [1.82, 2.24) is 9.88 Å². The van der Waals surface area contributed by atoms with Gasteiger partial charge in [0.1, 0.15) is 11.5 Å². The molecule has 1 aromatic heterocycles. The first-order valence-corrected chi connectivity index (χ1v) is 13.5. The van der Waals surface area contributed by atoms with Crippen LogP contribution in [0.3, 0.4) is 0 Å². The molecular weight excluding hydrogens is 544 g/mol. The number of carbonyl (C=O) groups excluding carboxylic acids is 1. The Balaban J connectivity index is 1.76. The summed E-state index contributed by atoms with van der Waals surface area (Å²) in [4.78, 5) is 19.8. The van der Waals surface area contributed by atoms with Gasteiger partial charge in [0.15, 0.2) is 0 Å². The average molecular weight is 580 g/mol. The molecule has 1 atom stereocenters. The van der Waals surface area contributed by atoms with E-state index in [2.05, 4.69) is 67.0 Å². The van der Waals surface area contributed by atoms with Crippen molar-refractivity contribution in [3.63, 3.8) is 0 Å². The number of hydrogen-bond donors (Lipinski definition) is 0. The van der Waals surface area contributed by atoms with Gasteiger partial charge in [0.25, 0.3) is 0 Å². The summed E-state index contributed by atoms with van der Waals surface area (Å²) in [6, 6.07) is 18.1. The SMILES string of the molecule is COc1ccc(CN2C(=O)CC[C@@H]2/C=C(\c2ccc(C(C)(C)C)cc2)c2ccc(Br)c(OC)n2)c(OC)c1. The van der Waals surface area contributed by atoms with Crippen molar-refractivity contribution in [3.8, 4) is 17.4 Å². The molecule has 0 saturated carbocycles. The molecule has 0 unspecified atom stereocenters. The van der Waals surface area contributed by atoms with Crippen LogP contribution >= 0.6 is 15.9 Å². The number of methoxy groups -OCH3 is 3. The van der Waals surface area contributed by atoms with Gasteiger partial charge in [-0.05, 0) is 63.2 Å². The third kappa shape index (κ3) is 6.04. The van der Waals surface area contributed by atoms with Gasteiger partial charge in [-0.3, -0.25) is 4.79 Å². The first kappa shape index (κ1) is 27.7. The van der Waals surface area contributed by atoms with Gasteiger partial charge in [0.2, 0.25) is 11.8 Å². The molecule has 2 aromatic carbocycles. The molecule has 1 fully saturated rings. The van der Waals surface area contributed by atoms with Gasteiger partial charge in [-0.2, -0.15) is 0 Å². The predicted molar refractivity (Wildman–Crippen MR) is 154 cm³/mol. The molecule has 38 heavy (non-hydrogen) atoms. The van der Waals surface area contributed by atoms with Crippen molar-refractivity contribution < 1.29 is 19.0 Å². The first-order valence-electron chi connectivity index (χ1n) is 12.7. The minimum absolute atomic E-state index is 0.0492. The molecule has 6 nitrogen and oxygen atoms in total. The summed E-state index contributed by atoms with van der Waals surface area (Å²) >= 11 is 3.51. The van der Waals surface area contributed by atoms with Crippen molar-refractivity contribution in [2.24, 2.45) is 0 Å². The van der Waals surface area contributed by atoms with Crippen LogP contribution < -0.4 is 14.2 Å². The van der Waals surface area contributed by atoms with Crippen molar-refractivity contribution in [2.75, 3.05) is 21.3 Å². The van der Waals surface area contributed by atoms with E-state index in [4.69, 9.17) is 19.2 Å². The molecule has 2 heterocycles. The molecule has 4 rings (SSSR count). The quantitative estimate of drug-likeness (QED) is 0.294. The number of halogens is 1. The Morgan fingerprint density at radius 2 is 1.76 bits per heavy atom. The third-order valence-electron chi connectivity index (χ3n) is 6.91. The fourth-order valence-corrected chi connectivity index (χ4v) is 5.07. The van der Waals surface area contributed by atoms with Crippen LogP contribution in [0.5, 0.6) is 17.4 Å². The van der Waals surface area contributed by atoms with Gasteiger partial charge >= 0.3 is 0 Å². The zero-order valence-electron chi connectivity index (χ0n) is 22.9. The fraction of sp³-hybridized carbons (Fsp3) is 0.355. The maximum absolute atomic E-state index is 13.1. The third-order valence-corrected chi connectivity index (χ3v) is 7.52. The summed E-state index contributed by atoms with van der Waals surface area (Å²) in [5.41, 5.74) is 5.02. The normalized spacial score (nSPS) is 16.1. The van der Waals surface area contributed by atoms with E-state index in [1.54, 1.807) is 21.3 Å². The second-order valence-corrected chi connectivity index (χ2v) is 11.3. The highest BCUT2D eigenvalue weighted by Crippen LogP contribution is 2.34. The van der Waals surface area contributed by atoms with E-state index >= 15 is 0 Å². The van der Waals surface area contributed by atoms with Gasteiger partial charge in [-0.15, -0.1) is 0 Å². The summed E-state index contributed by atoms with van der Waals surface area (Å²) < 4.78 is 17.2. The van der Waals surface area contributed by atoms with Gasteiger partial charge in [-0.25, -0.2) is 4.98 Å². The Morgan fingerprint density at radius 3 is 2.39 bits per heavy atom. The summed E-state index contributed by atoms with van der Waals surface area (Å²) in [5.74, 6) is 2.05. The van der Waals surface area contributed by atoms with E-state index < -0.39 is 0 Å². The Labute approximate surface area is 233 Å². The molecule has 1 aliphatic rings. The molecule has 0 aliphatic carbocycles. The van der Waals surface area contributed by atoms with Crippen LogP contribution in [-0.2, 0) is 16.8 Å². The second-order valence-electron chi connectivity index (χ2n) is 10.4. The molecule has 200 valence electrons. The number of nitrogens with zero attached hydrogens (tertiary/aromatic N) is 2. The number of carbonyl (C=O) groups is 1. The van der Waals surface area contributed by atoms with E-state index in [0.717, 1.165) is 33.3 Å². The second kappa shape index (κ2) is 11.6. The highest BCUT2D eigenvalue weighted by molar-refractivity contribution is 9.10. The number of benzene rings is 2. The molecule has 1 saturated heterocycles. The monoisotopic (exact) mass is 578 g/mol.